The Labute approximate surface area is 174 Å². The smallest absolute Gasteiger partial charge is 0.339 e. The van der Waals surface area contributed by atoms with Gasteiger partial charge in [-0.15, -0.1) is 0 Å². The molecule has 2 heterocycles. The van der Waals surface area contributed by atoms with Crippen molar-refractivity contribution >= 4 is 57.4 Å². The zero-order valence-corrected chi connectivity index (χ0v) is 16.3. The highest BCUT2D eigenvalue weighted by Gasteiger charge is 2.26. The average Bonchev–Trinajstić information content (AvgIpc) is 2.89. The van der Waals surface area contributed by atoms with Crippen molar-refractivity contribution in [1.29, 1.82) is 0 Å². The van der Waals surface area contributed by atoms with Crippen LogP contribution in [0.3, 0.4) is 0 Å². The SMILES string of the molecule is O=C(O)C1=CN(C(=O)Nc2ccc(Cl)cc2Cl)CCc2c1[nH]c1cc(F)ccc21. The minimum atomic E-state index is -1.21. The van der Waals surface area contributed by atoms with Crippen LogP contribution in [0.5, 0.6) is 0 Å². The molecule has 2 aromatic carbocycles. The Morgan fingerprint density at radius 3 is 2.69 bits per heavy atom. The first kappa shape index (κ1) is 19.3. The molecule has 3 N–H and O–H groups in total. The number of carbonyl (C=O) groups excluding carboxylic acids is 1. The summed E-state index contributed by atoms with van der Waals surface area (Å²) in [6.07, 6.45) is 1.65. The van der Waals surface area contributed by atoms with Crippen LogP contribution in [-0.2, 0) is 11.2 Å². The van der Waals surface area contributed by atoms with Gasteiger partial charge in [0, 0.05) is 28.7 Å². The Hall–Kier alpha value is -3.03. The number of benzene rings is 2. The molecular weight excluding hydrogens is 420 g/mol. The van der Waals surface area contributed by atoms with Crippen LogP contribution in [0.2, 0.25) is 10.0 Å². The van der Waals surface area contributed by atoms with E-state index >= 15 is 0 Å². The third-order valence-corrected chi connectivity index (χ3v) is 5.24. The van der Waals surface area contributed by atoms with Gasteiger partial charge < -0.3 is 15.4 Å². The molecule has 3 aromatic rings. The number of urea groups is 1. The second-order valence-corrected chi connectivity index (χ2v) is 7.36. The van der Waals surface area contributed by atoms with E-state index in [4.69, 9.17) is 23.2 Å². The summed E-state index contributed by atoms with van der Waals surface area (Å²) < 4.78 is 13.5. The lowest BCUT2D eigenvalue weighted by atomic mass is 10.0. The predicted octanol–water partition coefficient (Wildman–Crippen LogP) is 5.13. The molecule has 0 unspecified atom stereocenters. The number of hydrogen-bond donors (Lipinski definition) is 3. The number of carbonyl (C=O) groups is 2. The van der Waals surface area contributed by atoms with Crippen LogP contribution in [0.25, 0.3) is 16.5 Å². The quantitative estimate of drug-likeness (QED) is 0.523. The molecule has 148 valence electrons. The van der Waals surface area contributed by atoms with Crippen molar-refractivity contribution in [3.05, 3.63) is 69.7 Å². The minimum absolute atomic E-state index is 0.0912. The minimum Gasteiger partial charge on any atom is -0.478 e. The van der Waals surface area contributed by atoms with Crippen LogP contribution in [0, 0.1) is 5.82 Å². The van der Waals surface area contributed by atoms with Gasteiger partial charge >= 0.3 is 12.0 Å². The Bertz CT molecular complexity index is 1190. The van der Waals surface area contributed by atoms with E-state index in [1.807, 2.05) is 0 Å². The van der Waals surface area contributed by atoms with E-state index in [1.54, 1.807) is 18.2 Å². The molecule has 1 aliphatic rings. The maximum absolute atomic E-state index is 13.5. The van der Waals surface area contributed by atoms with Crippen LogP contribution >= 0.6 is 23.2 Å². The summed E-state index contributed by atoms with van der Waals surface area (Å²) in [6, 6.07) is 8.34. The average molecular weight is 434 g/mol. The maximum Gasteiger partial charge on any atom is 0.339 e. The summed E-state index contributed by atoms with van der Waals surface area (Å²) >= 11 is 12.0. The number of carboxylic acid groups (broad SMARTS) is 1. The van der Waals surface area contributed by atoms with Gasteiger partial charge in [0.2, 0.25) is 0 Å². The van der Waals surface area contributed by atoms with Gasteiger partial charge in [-0.1, -0.05) is 23.2 Å². The molecule has 0 spiro atoms. The topological polar surface area (TPSA) is 85.4 Å². The van der Waals surface area contributed by atoms with E-state index in [0.717, 1.165) is 5.39 Å². The first-order chi connectivity index (χ1) is 13.8. The molecule has 0 aliphatic carbocycles. The van der Waals surface area contributed by atoms with Crippen LogP contribution in [-0.4, -0.2) is 33.5 Å². The number of carboxylic acids is 1. The number of aliphatic carboxylic acids is 1. The molecule has 1 aromatic heterocycles. The van der Waals surface area contributed by atoms with Crippen LogP contribution in [0.15, 0.2) is 42.6 Å². The largest absolute Gasteiger partial charge is 0.478 e. The van der Waals surface area contributed by atoms with E-state index in [-0.39, 0.29) is 17.1 Å². The van der Waals surface area contributed by atoms with Crippen molar-refractivity contribution in [3.8, 4) is 0 Å². The van der Waals surface area contributed by atoms with Crippen LogP contribution in [0.4, 0.5) is 14.9 Å². The van der Waals surface area contributed by atoms with E-state index in [1.165, 1.54) is 29.3 Å². The maximum atomic E-state index is 13.5. The number of hydrogen-bond acceptors (Lipinski definition) is 2. The highest BCUT2D eigenvalue weighted by molar-refractivity contribution is 6.36. The fraction of sp³-hybridized carbons (Fsp3) is 0.100. The Morgan fingerprint density at radius 2 is 1.97 bits per heavy atom. The summed E-state index contributed by atoms with van der Waals surface area (Å²) in [6.45, 7) is 0.227. The third kappa shape index (κ3) is 3.66. The highest BCUT2D eigenvalue weighted by Crippen LogP contribution is 2.32. The lowest BCUT2D eigenvalue weighted by Crippen LogP contribution is -2.32. The molecule has 2 amide bonds. The second kappa shape index (κ2) is 7.42. The van der Waals surface area contributed by atoms with Gasteiger partial charge in [-0.2, -0.15) is 0 Å². The summed E-state index contributed by atoms with van der Waals surface area (Å²) in [5.41, 5.74) is 1.85. The molecule has 0 saturated carbocycles. The van der Waals surface area contributed by atoms with E-state index < -0.39 is 17.8 Å². The lowest BCUT2D eigenvalue weighted by molar-refractivity contribution is -0.130. The van der Waals surface area contributed by atoms with E-state index in [9.17, 15) is 19.1 Å². The van der Waals surface area contributed by atoms with Crippen LogP contribution < -0.4 is 5.32 Å². The van der Waals surface area contributed by atoms with Crippen molar-refractivity contribution < 1.29 is 19.1 Å². The molecule has 0 fully saturated rings. The molecule has 0 radical (unpaired) electrons. The van der Waals surface area contributed by atoms with Gasteiger partial charge in [-0.3, -0.25) is 4.90 Å². The number of rotatable bonds is 2. The van der Waals surface area contributed by atoms with Crippen molar-refractivity contribution in [2.24, 2.45) is 0 Å². The fourth-order valence-corrected chi connectivity index (χ4v) is 3.79. The Balaban J connectivity index is 1.69. The van der Waals surface area contributed by atoms with Crippen molar-refractivity contribution in [3.63, 3.8) is 0 Å². The first-order valence-electron chi connectivity index (χ1n) is 8.62. The van der Waals surface area contributed by atoms with Crippen molar-refractivity contribution in [2.75, 3.05) is 11.9 Å². The number of amides is 2. The summed E-state index contributed by atoms with van der Waals surface area (Å²) in [4.78, 5) is 28.9. The summed E-state index contributed by atoms with van der Waals surface area (Å²) in [7, 11) is 0. The zero-order valence-electron chi connectivity index (χ0n) is 14.8. The van der Waals surface area contributed by atoms with Gasteiger partial charge in [-0.25, -0.2) is 14.0 Å². The third-order valence-electron chi connectivity index (χ3n) is 4.69. The molecule has 4 rings (SSSR count). The number of nitrogens with zero attached hydrogens (tertiary/aromatic N) is 1. The standard InChI is InChI=1S/C20H14Cl2FN3O3/c21-10-1-4-16(15(22)7-10)25-20(29)26-6-5-13-12-3-2-11(23)8-17(12)24-18(13)14(9-26)19(27)28/h1-4,7-9,24H,5-6H2,(H,25,29)(H,27,28). The molecule has 6 nitrogen and oxygen atoms in total. The second-order valence-electron chi connectivity index (χ2n) is 6.51. The molecule has 0 bridgehead atoms. The molecule has 1 aliphatic heterocycles. The first-order valence-corrected chi connectivity index (χ1v) is 9.37. The summed E-state index contributed by atoms with van der Waals surface area (Å²) in [5.74, 6) is -1.63. The van der Waals surface area contributed by atoms with Gasteiger partial charge in [-0.05, 0) is 48.4 Å². The van der Waals surface area contributed by atoms with E-state index in [2.05, 4.69) is 10.3 Å². The number of aromatic amines is 1. The van der Waals surface area contributed by atoms with Crippen LogP contribution in [0.1, 0.15) is 11.3 Å². The molecular formula is C20H14Cl2FN3O3. The Morgan fingerprint density at radius 1 is 1.17 bits per heavy atom. The molecule has 9 heteroatoms. The molecule has 0 atom stereocenters. The molecule has 29 heavy (non-hydrogen) atoms. The fourth-order valence-electron chi connectivity index (χ4n) is 3.33. The van der Waals surface area contributed by atoms with Gasteiger partial charge in [0.1, 0.15) is 5.82 Å². The number of nitrogens with one attached hydrogen (secondary N) is 2. The normalized spacial score (nSPS) is 13.6. The van der Waals surface area contributed by atoms with Gasteiger partial charge in [0.05, 0.1) is 22.0 Å². The van der Waals surface area contributed by atoms with Gasteiger partial charge in [0.15, 0.2) is 0 Å². The highest BCUT2D eigenvalue weighted by atomic mass is 35.5. The number of halogens is 3. The number of anilines is 1. The van der Waals surface area contributed by atoms with Gasteiger partial charge in [0.25, 0.3) is 0 Å². The zero-order chi connectivity index (χ0) is 20.7. The monoisotopic (exact) mass is 433 g/mol. The summed E-state index contributed by atoms with van der Waals surface area (Å²) in [5, 5.41) is 13.8. The number of H-pyrrole nitrogens is 1. The van der Waals surface area contributed by atoms with Crippen molar-refractivity contribution in [1.82, 2.24) is 9.88 Å². The number of aromatic nitrogens is 1. The van der Waals surface area contributed by atoms with E-state index in [0.29, 0.717) is 33.9 Å². The lowest BCUT2D eigenvalue weighted by Gasteiger charge is -2.19. The predicted molar refractivity (Wildman–Crippen MR) is 110 cm³/mol. The number of fused-ring (bicyclic) bond motifs is 3. The molecule has 0 saturated heterocycles. The Kier molecular flexibility index (Phi) is 4.94. The van der Waals surface area contributed by atoms with Crippen molar-refractivity contribution in [2.45, 2.75) is 6.42 Å².